The molecule has 0 radical (unpaired) electrons. The molecular weight excluding hydrogens is 446 g/mol. The Bertz CT molecular complexity index is 997. The number of nitrogens with one attached hydrogen (secondary N) is 1. The van der Waals surface area contributed by atoms with Gasteiger partial charge in [0.15, 0.2) is 11.6 Å². The van der Waals surface area contributed by atoms with Crippen molar-refractivity contribution in [1.29, 1.82) is 0 Å². The van der Waals surface area contributed by atoms with Crippen LogP contribution in [0.5, 0.6) is 11.6 Å². The van der Waals surface area contributed by atoms with E-state index in [0.717, 1.165) is 5.82 Å². The molecule has 0 saturated carbocycles. The molecule has 3 heterocycles. The fraction of sp³-hybridized carbons (Fsp3) is 0.476. The molecule has 0 amide bonds. The lowest BCUT2D eigenvalue weighted by molar-refractivity contribution is 0.0908. The van der Waals surface area contributed by atoms with Gasteiger partial charge in [0, 0.05) is 32.0 Å². The Labute approximate surface area is 197 Å². The second kappa shape index (κ2) is 12.3. The third kappa shape index (κ3) is 6.53. The lowest BCUT2D eigenvalue weighted by Gasteiger charge is -2.21. The summed E-state index contributed by atoms with van der Waals surface area (Å²) in [6.45, 7) is 2.91. The van der Waals surface area contributed by atoms with E-state index in [-0.39, 0.29) is 11.3 Å². The Morgan fingerprint density at radius 3 is 2.36 bits per heavy atom. The molecule has 0 aliphatic rings. The molecule has 12 heteroatoms. The Hall–Kier alpha value is -2.96. The van der Waals surface area contributed by atoms with Gasteiger partial charge in [-0.05, 0) is 18.0 Å². The normalized spacial score (nSPS) is 12.1. The van der Waals surface area contributed by atoms with E-state index in [4.69, 9.17) is 18.9 Å². The molecule has 178 valence electrons. The van der Waals surface area contributed by atoms with Gasteiger partial charge in [0.2, 0.25) is 11.8 Å². The molecule has 0 fully saturated rings. The predicted molar refractivity (Wildman–Crippen MR) is 126 cm³/mol. The van der Waals surface area contributed by atoms with Crippen LogP contribution in [0.25, 0.3) is 11.5 Å². The number of hydrogen-bond donors (Lipinski definition) is 1. The van der Waals surface area contributed by atoms with Crippen LogP contribution in [0, 0.1) is 0 Å². The molecule has 0 bridgehead atoms. The van der Waals surface area contributed by atoms with Crippen LogP contribution in [-0.4, -0.2) is 76.6 Å². The summed E-state index contributed by atoms with van der Waals surface area (Å²) in [5.41, 5.74) is 0.636. The molecular formula is C21H29N7O4S. The highest BCUT2D eigenvalue weighted by Crippen LogP contribution is 2.28. The fourth-order valence-corrected chi connectivity index (χ4v) is 3.80. The number of methoxy groups -OCH3 is 4. The van der Waals surface area contributed by atoms with Gasteiger partial charge in [-0.25, -0.2) is 15.0 Å². The van der Waals surface area contributed by atoms with Crippen LogP contribution < -0.4 is 14.2 Å². The SMILES string of the molecule is COCC(COC)n1c(NSC(C)Cc2ncc(OC)cn2)nnc1-c1cccc(OC)n1. The zero-order valence-corrected chi connectivity index (χ0v) is 20.2. The number of hydrogen-bond acceptors (Lipinski definition) is 11. The number of nitrogens with zero attached hydrogens (tertiary/aromatic N) is 6. The highest BCUT2D eigenvalue weighted by Gasteiger charge is 2.24. The van der Waals surface area contributed by atoms with Crippen molar-refractivity contribution in [3.05, 3.63) is 36.4 Å². The molecule has 1 N–H and O–H groups in total. The van der Waals surface area contributed by atoms with Crippen molar-refractivity contribution in [3.8, 4) is 23.1 Å². The van der Waals surface area contributed by atoms with Crippen LogP contribution in [0.3, 0.4) is 0 Å². The molecule has 1 atom stereocenters. The number of rotatable bonds is 13. The maximum absolute atomic E-state index is 5.43. The van der Waals surface area contributed by atoms with E-state index >= 15 is 0 Å². The largest absolute Gasteiger partial charge is 0.494 e. The average Bonchev–Trinajstić information content (AvgIpc) is 3.27. The van der Waals surface area contributed by atoms with Gasteiger partial charge in [-0.1, -0.05) is 13.0 Å². The van der Waals surface area contributed by atoms with Gasteiger partial charge in [-0.15, -0.1) is 10.2 Å². The molecule has 11 nitrogen and oxygen atoms in total. The smallest absolute Gasteiger partial charge is 0.235 e. The van der Waals surface area contributed by atoms with Gasteiger partial charge in [0.1, 0.15) is 11.5 Å². The maximum atomic E-state index is 5.43. The van der Waals surface area contributed by atoms with Gasteiger partial charge >= 0.3 is 0 Å². The highest BCUT2D eigenvalue weighted by atomic mass is 32.2. The molecule has 0 spiro atoms. The standard InChI is InChI=1S/C21H29N7O4S/c1-14(9-18-22-10-16(31-4)11-23-18)33-27-21-26-25-20(17-7-6-8-19(24-17)32-5)28(21)15(12-29-2)13-30-3/h6-8,10-11,14-15H,9,12-13H2,1-5H3,(H,26,27). The third-order valence-electron chi connectivity index (χ3n) is 4.68. The van der Waals surface area contributed by atoms with Gasteiger partial charge in [0.05, 0.1) is 45.9 Å². The van der Waals surface area contributed by atoms with Crippen LogP contribution in [0.2, 0.25) is 0 Å². The lowest BCUT2D eigenvalue weighted by Crippen LogP contribution is -2.22. The Kier molecular flexibility index (Phi) is 9.22. The summed E-state index contributed by atoms with van der Waals surface area (Å²) in [5, 5.41) is 8.93. The van der Waals surface area contributed by atoms with Crippen molar-refractivity contribution in [1.82, 2.24) is 29.7 Å². The first kappa shape index (κ1) is 24.7. The summed E-state index contributed by atoms with van der Waals surface area (Å²) < 4.78 is 26.5. The van der Waals surface area contributed by atoms with Gasteiger partial charge in [0.25, 0.3) is 0 Å². The molecule has 3 rings (SSSR count). The fourth-order valence-electron chi connectivity index (χ4n) is 3.12. The molecule has 0 aliphatic carbocycles. The topological polar surface area (TPSA) is 118 Å². The zero-order chi connectivity index (χ0) is 23.6. The Morgan fingerprint density at radius 1 is 1.00 bits per heavy atom. The number of aromatic nitrogens is 6. The molecule has 0 aliphatic heterocycles. The summed E-state index contributed by atoms with van der Waals surface area (Å²) in [4.78, 5) is 13.2. The van der Waals surface area contributed by atoms with Crippen molar-refractivity contribution in [3.63, 3.8) is 0 Å². The van der Waals surface area contributed by atoms with Crippen molar-refractivity contribution in [2.75, 3.05) is 46.4 Å². The van der Waals surface area contributed by atoms with Crippen LogP contribution in [0.4, 0.5) is 5.95 Å². The Morgan fingerprint density at radius 2 is 1.73 bits per heavy atom. The summed E-state index contributed by atoms with van der Waals surface area (Å²) in [6, 6.07) is 5.34. The summed E-state index contributed by atoms with van der Waals surface area (Å²) >= 11 is 1.51. The minimum Gasteiger partial charge on any atom is -0.494 e. The molecule has 33 heavy (non-hydrogen) atoms. The summed E-state index contributed by atoms with van der Waals surface area (Å²) in [7, 11) is 6.46. The second-order valence-electron chi connectivity index (χ2n) is 7.12. The lowest BCUT2D eigenvalue weighted by atomic mass is 10.2. The zero-order valence-electron chi connectivity index (χ0n) is 19.4. The van der Waals surface area contributed by atoms with Crippen LogP contribution >= 0.6 is 11.9 Å². The minimum absolute atomic E-state index is 0.158. The van der Waals surface area contributed by atoms with E-state index in [9.17, 15) is 0 Å². The third-order valence-corrected chi connectivity index (χ3v) is 5.55. The van der Waals surface area contributed by atoms with Crippen LogP contribution in [0.1, 0.15) is 18.8 Å². The van der Waals surface area contributed by atoms with Crippen LogP contribution in [0.15, 0.2) is 30.6 Å². The first-order valence-corrected chi connectivity index (χ1v) is 11.2. The molecule has 0 aromatic carbocycles. The summed E-state index contributed by atoms with van der Waals surface area (Å²) in [6.07, 6.45) is 3.99. The number of anilines is 1. The summed E-state index contributed by atoms with van der Waals surface area (Å²) in [5.74, 6) is 3.01. The maximum Gasteiger partial charge on any atom is 0.235 e. The Balaban J connectivity index is 1.81. The monoisotopic (exact) mass is 475 g/mol. The van der Waals surface area contributed by atoms with E-state index < -0.39 is 0 Å². The highest BCUT2D eigenvalue weighted by molar-refractivity contribution is 8.01. The van der Waals surface area contributed by atoms with Crippen molar-refractivity contribution >= 4 is 17.9 Å². The van der Waals surface area contributed by atoms with E-state index in [2.05, 4.69) is 36.8 Å². The van der Waals surface area contributed by atoms with E-state index in [0.29, 0.717) is 48.7 Å². The molecule has 3 aromatic rings. The second-order valence-corrected chi connectivity index (χ2v) is 8.37. The van der Waals surface area contributed by atoms with Crippen molar-refractivity contribution < 1.29 is 18.9 Å². The van der Waals surface area contributed by atoms with Gasteiger partial charge in [-0.3, -0.25) is 9.29 Å². The van der Waals surface area contributed by atoms with E-state index in [1.165, 1.54) is 11.9 Å². The molecule has 3 aromatic heterocycles. The quantitative estimate of drug-likeness (QED) is 0.368. The number of ether oxygens (including phenoxy) is 4. The first-order valence-electron chi connectivity index (χ1n) is 10.3. The predicted octanol–water partition coefficient (Wildman–Crippen LogP) is 2.67. The first-order chi connectivity index (χ1) is 16.1. The van der Waals surface area contributed by atoms with Crippen molar-refractivity contribution in [2.24, 2.45) is 0 Å². The van der Waals surface area contributed by atoms with Crippen LogP contribution in [-0.2, 0) is 15.9 Å². The van der Waals surface area contributed by atoms with E-state index in [1.54, 1.807) is 46.9 Å². The number of pyridine rings is 1. The minimum atomic E-state index is -0.165. The molecule has 0 saturated heterocycles. The van der Waals surface area contributed by atoms with Crippen molar-refractivity contribution in [2.45, 2.75) is 24.6 Å². The van der Waals surface area contributed by atoms with Gasteiger partial charge < -0.3 is 18.9 Å². The average molecular weight is 476 g/mol. The van der Waals surface area contributed by atoms with E-state index in [1.807, 2.05) is 16.7 Å². The van der Waals surface area contributed by atoms with Gasteiger partial charge in [-0.2, -0.15) is 0 Å². The molecule has 1 unspecified atom stereocenters.